The molecule has 8 heavy (non-hydrogen) atoms. The summed E-state index contributed by atoms with van der Waals surface area (Å²) in [5, 5.41) is 11.1. The van der Waals surface area contributed by atoms with E-state index in [9.17, 15) is 4.91 Å². The highest BCUT2D eigenvalue weighted by molar-refractivity contribution is 4.66. The lowest BCUT2D eigenvalue weighted by Gasteiger charge is -2.06. The Balaban J connectivity index is 3.51. The predicted molar refractivity (Wildman–Crippen MR) is 30.1 cm³/mol. The van der Waals surface area contributed by atoms with E-state index in [1.54, 1.807) is 6.92 Å². The van der Waals surface area contributed by atoms with Crippen LogP contribution >= 0.6 is 0 Å². The van der Waals surface area contributed by atoms with Gasteiger partial charge in [-0.15, -0.1) is 0 Å². The molecule has 0 amide bonds. The van der Waals surface area contributed by atoms with Crippen LogP contribution in [0.3, 0.4) is 0 Å². The molecule has 0 bridgehead atoms. The van der Waals surface area contributed by atoms with E-state index in [1.807, 2.05) is 0 Å². The van der Waals surface area contributed by atoms with Gasteiger partial charge in [0.05, 0.1) is 0 Å². The summed E-state index contributed by atoms with van der Waals surface area (Å²) in [5.41, 5.74) is 4.92. The van der Waals surface area contributed by atoms with Gasteiger partial charge in [-0.1, -0.05) is 12.1 Å². The molecular formula is C4H10N2O2. The van der Waals surface area contributed by atoms with Crippen LogP contribution in [-0.2, 0) is 0 Å². The number of hydrogen-bond acceptors (Lipinski definition) is 4. The van der Waals surface area contributed by atoms with Crippen molar-refractivity contribution in [3.63, 3.8) is 0 Å². The number of aliphatic hydroxyl groups is 1. The zero-order chi connectivity index (χ0) is 6.57. The number of nitroso groups, excluding NO2 is 1. The summed E-state index contributed by atoms with van der Waals surface area (Å²) in [6.45, 7) is 1.74. The van der Waals surface area contributed by atoms with Crippen LogP contribution < -0.4 is 5.73 Å². The van der Waals surface area contributed by atoms with Crippen LogP contribution in [0.4, 0.5) is 0 Å². The first-order chi connectivity index (χ1) is 3.72. The first-order valence-corrected chi connectivity index (χ1v) is 2.48. The summed E-state index contributed by atoms with van der Waals surface area (Å²) in [6.07, 6.45) is -0.612. The molecule has 0 heterocycles. The monoisotopic (exact) mass is 118 g/mol. The van der Waals surface area contributed by atoms with E-state index < -0.39 is 12.3 Å². The largest absolute Gasteiger partial charge is 0.376 e. The molecule has 0 aromatic heterocycles. The number of nitrogens with zero attached hydrogens (tertiary/aromatic N) is 1. The Bertz CT molecular complexity index is 74.4. The maximum atomic E-state index is 9.69. The van der Waals surface area contributed by atoms with Crippen molar-refractivity contribution in [3.8, 4) is 0 Å². The highest BCUT2D eigenvalue weighted by Crippen LogP contribution is 1.97. The summed E-state index contributed by atoms with van der Waals surface area (Å²) in [5.74, 6) is 0. The first-order valence-electron chi connectivity index (χ1n) is 2.48. The van der Waals surface area contributed by atoms with E-state index in [0.717, 1.165) is 0 Å². The Morgan fingerprint density at radius 1 is 1.88 bits per heavy atom. The zero-order valence-corrected chi connectivity index (χ0v) is 4.74. The summed E-state index contributed by atoms with van der Waals surface area (Å²) in [6, 6.07) is -0.644. The molecule has 3 N–H and O–H groups in total. The molecule has 0 radical (unpaired) electrons. The average molecular weight is 118 g/mol. The van der Waals surface area contributed by atoms with Gasteiger partial charge in [0.1, 0.15) is 12.3 Å². The van der Waals surface area contributed by atoms with E-state index in [1.165, 1.54) is 0 Å². The molecule has 48 valence electrons. The molecule has 0 saturated heterocycles. The van der Waals surface area contributed by atoms with Gasteiger partial charge in [0.15, 0.2) is 0 Å². The van der Waals surface area contributed by atoms with Crippen LogP contribution in [0, 0.1) is 4.91 Å². The van der Waals surface area contributed by atoms with Crippen LogP contribution in [0.1, 0.15) is 13.3 Å². The molecule has 4 nitrogen and oxygen atoms in total. The highest BCUT2D eigenvalue weighted by Gasteiger charge is 2.11. The number of nitrogens with two attached hydrogens (primary N) is 1. The molecule has 4 heteroatoms. The van der Waals surface area contributed by atoms with Gasteiger partial charge in [0.2, 0.25) is 0 Å². The molecule has 0 aromatic rings. The van der Waals surface area contributed by atoms with Gasteiger partial charge in [-0.05, 0) is 6.42 Å². The van der Waals surface area contributed by atoms with E-state index >= 15 is 0 Å². The van der Waals surface area contributed by atoms with Gasteiger partial charge < -0.3 is 10.8 Å². The second-order valence-corrected chi connectivity index (χ2v) is 1.57. The molecule has 0 aromatic carbocycles. The van der Waals surface area contributed by atoms with Crippen LogP contribution in [0.5, 0.6) is 0 Å². The molecule has 0 spiro atoms. The van der Waals surface area contributed by atoms with Gasteiger partial charge in [-0.25, -0.2) is 0 Å². The van der Waals surface area contributed by atoms with Crippen LogP contribution in [0.15, 0.2) is 5.18 Å². The smallest absolute Gasteiger partial charge is 0.131 e. The molecule has 0 aliphatic rings. The lowest BCUT2D eigenvalue weighted by Crippen LogP contribution is -2.31. The summed E-state index contributed by atoms with van der Waals surface area (Å²) >= 11 is 0. The first kappa shape index (κ1) is 7.52. The van der Waals surface area contributed by atoms with Gasteiger partial charge in [-0.3, -0.25) is 0 Å². The van der Waals surface area contributed by atoms with Gasteiger partial charge >= 0.3 is 0 Å². The number of aliphatic hydroxyl groups excluding tert-OH is 1. The Morgan fingerprint density at radius 2 is 2.38 bits per heavy atom. The maximum absolute atomic E-state index is 9.69. The summed E-state index contributed by atoms with van der Waals surface area (Å²) in [4.78, 5) is 9.69. The van der Waals surface area contributed by atoms with Crippen molar-refractivity contribution in [2.75, 3.05) is 0 Å². The second-order valence-electron chi connectivity index (χ2n) is 1.57. The fourth-order valence-electron chi connectivity index (χ4n) is 0.378. The maximum Gasteiger partial charge on any atom is 0.131 e. The van der Waals surface area contributed by atoms with Crippen LogP contribution in [0.25, 0.3) is 0 Å². The molecule has 0 rings (SSSR count). The molecule has 0 saturated carbocycles. The van der Waals surface area contributed by atoms with Crippen molar-refractivity contribution in [1.29, 1.82) is 0 Å². The van der Waals surface area contributed by atoms with E-state index in [4.69, 9.17) is 10.8 Å². The Morgan fingerprint density at radius 3 is 2.38 bits per heavy atom. The standard InChI is InChI=1S/C4H10N2O2/c1-2-3(6-8)4(5)7/h3-4,7H,2,5H2,1H3. The number of hydrogen-bond donors (Lipinski definition) is 2. The predicted octanol–water partition coefficient (Wildman–Crippen LogP) is -0.192. The minimum absolute atomic E-state index is 0.487. The third-order valence-electron chi connectivity index (χ3n) is 0.948. The van der Waals surface area contributed by atoms with Gasteiger partial charge in [0.25, 0.3) is 0 Å². The second kappa shape index (κ2) is 3.51. The van der Waals surface area contributed by atoms with E-state index in [2.05, 4.69) is 5.18 Å². The third-order valence-corrected chi connectivity index (χ3v) is 0.948. The van der Waals surface area contributed by atoms with E-state index in [-0.39, 0.29) is 0 Å². The Kier molecular flexibility index (Phi) is 3.30. The minimum atomic E-state index is -1.10. The zero-order valence-electron chi connectivity index (χ0n) is 4.74. The van der Waals surface area contributed by atoms with E-state index in [0.29, 0.717) is 6.42 Å². The van der Waals surface area contributed by atoms with Crippen molar-refractivity contribution in [3.05, 3.63) is 4.91 Å². The Hall–Kier alpha value is -0.480. The normalized spacial score (nSPS) is 17.4. The average Bonchev–Trinajstić information content (AvgIpc) is 1.69. The van der Waals surface area contributed by atoms with Crippen molar-refractivity contribution in [1.82, 2.24) is 0 Å². The summed E-state index contributed by atoms with van der Waals surface area (Å²) in [7, 11) is 0. The highest BCUT2D eigenvalue weighted by atomic mass is 16.3. The van der Waals surface area contributed by atoms with Crippen molar-refractivity contribution >= 4 is 0 Å². The molecule has 0 fully saturated rings. The molecule has 2 atom stereocenters. The van der Waals surface area contributed by atoms with Crippen molar-refractivity contribution < 1.29 is 5.11 Å². The lowest BCUT2D eigenvalue weighted by atomic mass is 10.2. The minimum Gasteiger partial charge on any atom is -0.376 e. The van der Waals surface area contributed by atoms with Gasteiger partial charge in [0, 0.05) is 0 Å². The molecule has 0 aliphatic heterocycles. The molecule has 2 unspecified atom stereocenters. The summed E-state index contributed by atoms with van der Waals surface area (Å²) < 4.78 is 0. The van der Waals surface area contributed by atoms with Crippen LogP contribution in [0.2, 0.25) is 0 Å². The lowest BCUT2D eigenvalue weighted by molar-refractivity contribution is 0.150. The number of rotatable bonds is 3. The van der Waals surface area contributed by atoms with Crippen molar-refractivity contribution in [2.24, 2.45) is 10.9 Å². The third kappa shape index (κ3) is 1.99. The topological polar surface area (TPSA) is 75.7 Å². The van der Waals surface area contributed by atoms with Crippen LogP contribution in [-0.4, -0.2) is 17.4 Å². The molecular weight excluding hydrogens is 108 g/mol. The van der Waals surface area contributed by atoms with Gasteiger partial charge in [-0.2, -0.15) is 4.91 Å². The fourth-order valence-corrected chi connectivity index (χ4v) is 0.378. The molecule has 0 aliphatic carbocycles. The van der Waals surface area contributed by atoms with Crippen molar-refractivity contribution in [2.45, 2.75) is 25.6 Å². The Labute approximate surface area is 47.7 Å². The SMILES string of the molecule is CCC(N=O)C(N)O. The fraction of sp³-hybridized carbons (Fsp3) is 1.00. The quantitative estimate of drug-likeness (QED) is 0.398.